The average Bonchev–Trinajstić information content (AvgIpc) is 1.89. The van der Waals surface area contributed by atoms with Gasteiger partial charge in [-0.3, -0.25) is 9.59 Å². The van der Waals surface area contributed by atoms with E-state index in [1.807, 2.05) is 13.8 Å². The van der Waals surface area contributed by atoms with Crippen molar-refractivity contribution in [1.29, 1.82) is 5.41 Å². The molecular formula is C8H20N2O3. The van der Waals surface area contributed by atoms with E-state index in [4.69, 9.17) is 15.3 Å². The van der Waals surface area contributed by atoms with Crippen molar-refractivity contribution in [3.63, 3.8) is 0 Å². The highest BCUT2D eigenvalue weighted by Gasteiger charge is 1.65. The highest BCUT2D eigenvalue weighted by atomic mass is 16.4. The number of aliphatic carboxylic acids is 1. The predicted octanol–water partition coefficient (Wildman–Crippen LogP) is 1.26. The lowest BCUT2D eigenvalue weighted by atomic mass is 10.8. The molecule has 80 valence electrons. The molecule has 1 amide bonds. The monoisotopic (exact) mass is 192 g/mol. The highest BCUT2D eigenvalue weighted by molar-refractivity contribution is 5.70. The van der Waals surface area contributed by atoms with Crippen molar-refractivity contribution in [3.8, 4) is 0 Å². The van der Waals surface area contributed by atoms with Crippen molar-refractivity contribution in [2.24, 2.45) is 5.73 Å². The fourth-order valence-electron chi connectivity index (χ4n) is 0. The molecule has 0 aromatic carbocycles. The van der Waals surface area contributed by atoms with E-state index in [1.165, 1.54) is 13.1 Å². The number of carbonyl (C=O) groups is 2. The first-order valence-electron chi connectivity index (χ1n) is 3.79. The van der Waals surface area contributed by atoms with E-state index >= 15 is 0 Å². The van der Waals surface area contributed by atoms with Crippen LogP contribution < -0.4 is 5.73 Å². The molecule has 0 aliphatic rings. The van der Waals surface area contributed by atoms with Gasteiger partial charge in [0.25, 0.3) is 5.97 Å². The van der Waals surface area contributed by atoms with Crippen LogP contribution in [0.15, 0.2) is 0 Å². The summed E-state index contributed by atoms with van der Waals surface area (Å²) in [7, 11) is 0. The van der Waals surface area contributed by atoms with Crippen molar-refractivity contribution < 1.29 is 14.7 Å². The Kier molecular flexibility index (Phi) is 54.0. The van der Waals surface area contributed by atoms with Crippen molar-refractivity contribution in [2.75, 3.05) is 0 Å². The minimum atomic E-state index is -0.833. The number of rotatable bonds is 0. The van der Waals surface area contributed by atoms with Gasteiger partial charge in [-0.25, -0.2) is 0 Å². The SMILES string of the molecule is CC.CC(=O)O.CC(N)=O.CC=N. The number of hydrogen-bond acceptors (Lipinski definition) is 3. The van der Waals surface area contributed by atoms with Crippen LogP contribution in [-0.4, -0.2) is 23.2 Å². The van der Waals surface area contributed by atoms with Crippen LogP contribution in [0.4, 0.5) is 0 Å². The molecule has 0 unspecified atom stereocenters. The van der Waals surface area contributed by atoms with E-state index in [0.29, 0.717) is 0 Å². The maximum Gasteiger partial charge on any atom is 0.300 e. The molecule has 4 N–H and O–H groups in total. The van der Waals surface area contributed by atoms with Crippen LogP contribution in [0.1, 0.15) is 34.6 Å². The smallest absolute Gasteiger partial charge is 0.300 e. The lowest BCUT2D eigenvalue weighted by Gasteiger charge is -1.60. The van der Waals surface area contributed by atoms with Crippen molar-refractivity contribution >= 4 is 18.1 Å². The molecule has 5 heteroatoms. The minimum absolute atomic E-state index is 0.333. The molecule has 5 nitrogen and oxygen atoms in total. The van der Waals surface area contributed by atoms with Crippen LogP contribution in [-0.2, 0) is 9.59 Å². The summed E-state index contributed by atoms with van der Waals surface area (Å²) < 4.78 is 0. The Morgan fingerprint density at radius 2 is 1.31 bits per heavy atom. The number of hydrogen-bond donors (Lipinski definition) is 3. The summed E-state index contributed by atoms with van der Waals surface area (Å²) in [6, 6.07) is 0. The standard InChI is InChI=1S/C2H5NO.C2H5N.C2H4O2.C2H6/c1-2(3)4;1-2-3;1-2(3)4;1-2/h1H3,(H2,3,4);2-3H,1H3;1H3,(H,3,4);1-2H3. The van der Waals surface area contributed by atoms with Gasteiger partial charge in [0.2, 0.25) is 5.91 Å². The van der Waals surface area contributed by atoms with Gasteiger partial charge < -0.3 is 16.2 Å². The molecule has 0 fully saturated rings. The molecule has 0 heterocycles. The molecule has 0 aromatic rings. The van der Waals surface area contributed by atoms with E-state index in [9.17, 15) is 4.79 Å². The molecule has 0 radical (unpaired) electrons. The van der Waals surface area contributed by atoms with Crippen molar-refractivity contribution in [1.82, 2.24) is 0 Å². The lowest BCUT2D eigenvalue weighted by Crippen LogP contribution is -2.01. The molecule has 0 spiro atoms. The molecule has 0 atom stereocenters. The number of carboxylic acids is 1. The fraction of sp³-hybridized carbons (Fsp3) is 0.625. The Balaban J connectivity index is -0.0000000431. The van der Waals surface area contributed by atoms with Crippen LogP contribution in [0.25, 0.3) is 0 Å². The molecule has 13 heavy (non-hydrogen) atoms. The van der Waals surface area contributed by atoms with Gasteiger partial charge in [0.05, 0.1) is 0 Å². The second-order valence-corrected chi connectivity index (χ2v) is 1.42. The van der Waals surface area contributed by atoms with E-state index in [-0.39, 0.29) is 5.91 Å². The Labute approximate surface area is 79.5 Å². The van der Waals surface area contributed by atoms with E-state index in [2.05, 4.69) is 5.73 Å². The number of carbonyl (C=O) groups excluding carboxylic acids is 1. The quantitative estimate of drug-likeness (QED) is 0.503. The van der Waals surface area contributed by atoms with Gasteiger partial charge in [-0.15, -0.1) is 0 Å². The van der Waals surface area contributed by atoms with Crippen molar-refractivity contribution in [2.45, 2.75) is 34.6 Å². The third-order valence-corrected chi connectivity index (χ3v) is 0. The summed E-state index contributed by atoms with van der Waals surface area (Å²) in [6.45, 7) is 8.06. The van der Waals surface area contributed by atoms with Crippen LogP contribution in [0, 0.1) is 5.41 Å². The molecule has 0 aliphatic carbocycles. The molecule has 0 saturated heterocycles. The van der Waals surface area contributed by atoms with Gasteiger partial charge in [0.15, 0.2) is 0 Å². The highest BCUT2D eigenvalue weighted by Crippen LogP contribution is 1.42. The first kappa shape index (κ1) is 22.6. The molecule has 0 aromatic heterocycles. The summed E-state index contributed by atoms with van der Waals surface area (Å²) in [6.07, 6.45) is 1.25. The van der Waals surface area contributed by atoms with Crippen LogP contribution in [0.5, 0.6) is 0 Å². The van der Waals surface area contributed by atoms with Crippen LogP contribution in [0.2, 0.25) is 0 Å². The van der Waals surface area contributed by atoms with Gasteiger partial charge in [-0.2, -0.15) is 0 Å². The van der Waals surface area contributed by atoms with Crippen LogP contribution in [0.3, 0.4) is 0 Å². The second-order valence-electron chi connectivity index (χ2n) is 1.42. The molecule has 0 saturated carbocycles. The Hall–Kier alpha value is -1.39. The Morgan fingerprint density at radius 3 is 1.31 bits per heavy atom. The third kappa shape index (κ3) is 407. The summed E-state index contributed by atoms with van der Waals surface area (Å²) in [5, 5.41) is 13.5. The molecule has 0 rings (SSSR count). The summed E-state index contributed by atoms with van der Waals surface area (Å²) >= 11 is 0. The largest absolute Gasteiger partial charge is 0.481 e. The second kappa shape index (κ2) is 31.1. The predicted molar refractivity (Wildman–Crippen MR) is 54.0 cm³/mol. The number of nitrogens with one attached hydrogen (secondary N) is 1. The van der Waals surface area contributed by atoms with Crippen molar-refractivity contribution in [3.05, 3.63) is 0 Å². The van der Waals surface area contributed by atoms with Gasteiger partial charge in [0.1, 0.15) is 0 Å². The maximum absolute atomic E-state index is 9.22. The summed E-state index contributed by atoms with van der Waals surface area (Å²) in [5.41, 5.74) is 4.47. The normalized spacial score (nSPS) is 5.31. The average molecular weight is 192 g/mol. The topological polar surface area (TPSA) is 104 Å². The zero-order chi connectivity index (χ0) is 11.9. The minimum Gasteiger partial charge on any atom is -0.481 e. The van der Waals surface area contributed by atoms with E-state index in [1.54, 1.807) is 6.92 Å². The first-order chi connectivity index (χ1) is 5.88. The Bertz CT molecular complexity index is 105. The zero-order valence-electron chi connectivity index (χ0n) is 8.92. The third-order valence-electron chi connectivity index (χ3n) is 0. The molecule has 0 aliphatic heterocycles. The van der Waals surface area contributed by atoms with E-state index in [0.717, 1.165) is 6.92 Å². The number of carboxylic acid groups (broad SMARTS) is 1. The lowest BCUT2D eigenvalue weighted by molar-refractivity contribution is -0.134. The molecule has 0 bridgehead atoms. The molecular weight excluding hydrogens is 172 g/mol. The number of primary amides is 1. The first-order valence-corrected chi connectivity index (χ1v) is 3.79. The number of nitrogens with two attached hydrogens (primary N) is 1. The Morgan fingerprint density at radius 1 is 1.31 bits per heavy atom. The summed E-state index contributed by atoms with van der Waals surface area (Å²) in [4.78, 5) is 18.2. The van der Waals surface area contributed by atoms with Gasteiger partial charge >= 0.3 is 0 Å². The van der Waals surface area contributed by atoms with E-state index < -0.39 is 5.97 Å². The maximum atomic E-state index is 9.22. The van der Waals surface area contributed by atoms with Gasteiger partial charge in [-0.05, 0) is 13.1 Å². The summed E-state index contributed by atoms with van der Waals surface area (Å²) in [5.74, 6) is -1.17. The van der Waals surface area contributed by atoms with Gasteiger partial charge in [0, 0.05) is 13.8 Å². The fourth-order valence-corrected chi connectivity index (χ4v) is 0. The number of amides is 1. The zero-order valence-corrected chi connectivity index (χ0v) is 8.92. The van der Waals surface area contributed by atoms with Crippen LogP contribution >= 0.6 is 0 Å². The van der Waals surface area contributed by atoms with Gasteiger partial charge in [-0.1, -0.05) is 13.8 Å².